The van der Waals surface area contributed by atoms with Crippen LogP contribution in [0.25, 0.3) is 0 Å². The molecule has 4 nitrogen and oxygen atoms in total. The van der Waals surface area contributed by atoms with Gasteiger partial charge in [0, 0.05) is 11.9 Å². The van der Waals surface area contributed by atoms with E-state index >= 15 is 0 Å². The number of nitrogens with one attached hydrogen (secondary N) is 2. The minimum Gasteiger partial charge on any atom is -0.359 e. The SMILES string of the molecule is Cc1ccc(NC(=O)/C(C#N)=C\Nc2c(C)cc(C)cc2Cl)cc1. The van der Waals surface area contributed by atoms with Gasteiger partial charge in [0.2, 0.25) is 0 Å². The fraction of sp³-hybridized carbons (Fsp3) is 0.158. The Hall–Kier alpha value is -2.77. The number of benzene rings is 2. The van der Waals surface area contributed by atoms with Crippen molar-refractivity contribution in [3.05, 3.63) is 69.9 Å². The number of amides is 1. The van der Waals surface area contributed by atoms with Crippen molar-refractivity contribution in [2.24, 2.45) is 0 Å². The van der Waals surface area contributed by atoms with E-state index in [1.165, 1.54) is 6.20 Å². The summed E-state index contributed by atoms with van der Waals surface area (Å²) in [4.78, 5) is 12.2. The fourth-order valence-electron chi connectivity index (χ4n) is 2.23. The Kier molecular flexibility index (Phi) is 5.62. The largest absolute Gasteiger partial charge is 0.359 e. The maximum atomic E-state index is 12.2. The van der Waals surface area contributed by atoms with E-state index in [2.05, 4.69) is 10.6 Å². The summed E-state index contributed by atoms with van der Waals surface area (Å²) in [5.41, 5.74) is 4.36. The van der Waals surface area contributed by atoms with E-state index in [1.807, 2.05) is 51.1 Å². The molecule has 5 heteroatoms. The van der Waals surface area contributed by atoms with Crippen molar-refractivity contribution in [3.63, 3.8) is 0 Å². The number of rotatable bonds is 4. The van der Waals surface area contributed by atoms with Crippen LogP contribution in [0.2, 0.25) is 5.02 Å². The number of aryl methyl sites for hydroxylation is 3. The molecule has 2 aromatic carbocycles. The first-order chi connectivity index (χ1) is 11.4. The molecule has 0 radical (unpaired) electrons. The Morgan fingerprint density at radius 2 is 1.79 bits per heavy atom. The predicted molar refractivity (Wildman–Crippen MR) is 98.1 cm³/mol. The first-order valence-electron chi connectivity index (χ1n) is 7.42. The molecule has 0 fully saturated rings. The average Bonchev–Trinajstić information content (AvgIpc) is 2.52. The van der Waals surface area contributed by atoms with Crippen molar-refractivity contribution in [1.82, 2.24) is 0 Å². The Labute approximate surface area is 146 Å². The van der Waals surface area contributed by atoms with E-state index in [-0.39, 0.29) is 5.57 Å². The van der Waals surface area contributed by atoms with Crippen molar-refractivity contribution >= 4 is 28.9 Å². The monoisotopic (exact) mass is 339 g/mol. The summed E-state index contributed by atoms with van der Waals surface area (Å²) in [6.07, 6.45) is 1.37. The van der Waals surface area contributed by atoms with Gasteiger partial charge in [-0.05, 0) is 50.1 Å². The van der Waals surface area contributed by atoms with Crippen molar-refractivity contribution in [2.45, 2.75) is 20.8 Å². The minimum atomic E-state index is -0.477. The van der Waals surface area contributed by atoms with Gasteiger partial charge in [-0.25, -0.2) is 0 Å². The molecule has 0 aliphatic carbocycles. The maximum Gasteiger partial charge on any atom is 0.267 e. The summed E-state index contributed by atoms with van der Waals surface area (Å²) in [6.45, 7) is 5.82. The van der Waals surface area contributed by atoms with Crippen molar-refractivity contribution < 1.29 is 4.79 Å². The third kappa shape index (κ3) is 4.37. The zero-order valence-corrected chi connectivity index (χ0v) is 14.5. The quantitative estimate of drug-likeness (QED) is 0.625. The second kappa shape index (κ2) is 7.67. The van der Waals surface area contributed by atoms with Gasteiger partial charge in [-0.3, -0.25) is 4.79 Å². The first-order valence-corrected chi connectivity index (χ1v) is 7.80. The maximum absolute atomic E-state index is 12.2. The van der Waals surface area contributed by atoms with Crippen LogP contribution in [0.4, 0.5) is 11.4 Å². The normalized spacial score (nSPS) is 10.9. The lowest BCUT2D eigenvalue weighted by atomic mass is 10.1. The third-order valence-corrected chi connectivity index (χ3v) is 3.77. The Morgan fingerprint density at radius 1 is 1.12 bits per heavy atom. The van der Waals surface area contributed by atoms with E-state index in [1.54, 1.807) is 12.1 Å². The van der Waals surface area contributed by atoms with Gasteiger partial charge in [0.15, 0.2) is 0 Å². The van der Waals surface area contributed by atoms with Crippen molar-refractivity contribution in [3.8, 4) is 6.07 Å². The number of halogens is 1. The molecule has 0 aromatic heterocycles. The second-order valence-corrected chi connectivity index (χ2v) is 5.98. The van der Waals surface area contributed by atoms with Crippen LogP contribution in [0.3, 0.4) is 0 Å². The van der Waals surface area contributed by atoms with Crippen LogP contribution in [0, 0.1) is 32.1 Å². The predicted octanol–water partition coefficient (Wildman–Crippen LogP) is 4.72. The standard InChI is InChI=1S/C19H18ClN3O/c1-12-4-6-16(7-5-12)23-19(24)15(10-21)11-22-18-14(3)8-13(2)9-17(18)20/h4-9,11,22H,1-3H3,(H,23,24)/b15-11-. The summed E-state index contributed by atoms with van der Waals surface area (Å²) in [5, 5.41) is 15.4. The van der Waals surface area contributed by atoms with E-state index in [0.717, 1.165) is 16.7 Å². The highest BCUT2D eigenvalue weighted by Crippen LogP contribution is 2.27. The molecule has 0 unspecified atom stereocenters. The van der Waals surface area contributed by atoms with Crippen molar-refractivity contribution in [2.75, 3.05) is 10.6 Å². The van der Waals surface area contributed by atoms with E-state index in [9.17, 15) is 10.1 Å². The molecule has 0 heterocycles. The smallest absolute Gasteiger partial charge is 0.267 e. The molecule has 2 N–H and O–H groups in total. The van der Waals surface area contributed by atoms with Gasteiger partial charge in [-0.15, -0.1) is 0 Å². The van der Waals surface area contributed by atoms with Crippen LogP contribution < -0.4 is 10.6 Å². The summed E-state index contributed by atoms with van der Waals surface area (Å²) in [5.74, 6) is -0.477. The highest BCUT2D eigenvalue weighted by atomic mass is 35.5. The molecular formula is C19H18ClN3O. The number of anilines is 2. The highest BCUT2D eigenvalue weighted by molar-refractivity contribution is 6.33. The van der Waals surface area contributed by atoms with Crippen LogP contribution in [-0.4, -0.2) is 5.91 Å². The van der Waals surface area contributed by atoms with Gasteiger partial charge in [0.25, 0.3) is 5.91 Å². The summed E-state index contributed by atoms with van der Waals surface area (Å²) in [6, 6.07) is 13.0. The van der Waals surface area contributed by atoms with Gasteiger partial charge >= 0.3 is 0 Å². The van der Waals surface area contributed by atoms with Gasteiger partial charge in [-0.1, -0.05) is 35.4 Å². The Bertz CT molecular complexity index is 810. The van der Waals surface area contributed by atoms with Crippen LogP contribution in [0.1, 0.15) is 16.7 Å². The zero-order chi connectivity index (χ0) is 17.7. The number of nitriles is 1. The van der Waals surface area contributed by atoms with Gasteiger partial charge in [0.05, 0.1) is 10.7 Å². The van der Waals surface area contributed by atoms with Gasteiger partial charge in [0.1, 0.15) is 11.6 Å². The molecule has 0 saturated heterocycles. The Balaban J connectivity index is 2.16. The van der Waals surface area contributed by atoms with Gasteiger partial charge in [-0.2, -0.15) is 5.26 Å². The topological polar surface area (TPSA) is 64.9 Å². The lowest BCUT2D eigenvalue weighted by molar-refractivity contribution is -0.112. The molecule has 122 valence electrons. The lowest BCUT2D eigenvalue weighted by Gasteiger charge is -2.10. The number of hydrogen-bond acceptors (Lipinski definition) is 3. The molecule has 0 saturated carbocycles. The van der Waals surface area contributed by atoms with Gasteiger partial charge < -0.3 is 10.6 Å². The molecule has 0 bridgehead atoms. The zero-order valence-electron chi connectivity index (χ0n) is 13.8. The molecule has 2 rings (SSSR count). The summed E-state index contributed by atoms with van der Waals surface area (Å²) in [7, 11) is 0. The van der Waals surface area contributed by atoms with Crippen LogP contribution in [0.15, 0.2) is 48.2 Å². The summed E-state index contributed by atoms with van der Waals surface area (Å²) < 4.78 is 0. The lowest BCUT2D eigenvalue weighted by Crippen LogP contribution is -2.14. The number of nitrogens with zero attached hydrogens (tertiary/aromatic N) is 1. The second-order valence-electron chi connectivity index (χ2n) is 5.57. The molecule has 1 amide bonds. The number of carbonyl (C=O) groups excluding carboxylic acids is 1. The number of hydrogen-bond donors (Lipinski definition) is 2. The van der Waals surface area contributed by atoms with E-state index < -0.39 is 5.91 Å². The number of carbonyl (C=O) groups is 1. The fourth-order valence-corrected chi connectivity index (χ4v) is 2.60. The Morgan fingerprint density at radius 3 is 2.38 bits per heavy atom. The van der Waals surface area contributed by atoms with Crippen LogP contribution in [-0.2, 0) is 4.79 Å². The third-order valence-electron chi connectivity index (χ3n) is 3.47. The molecule has 0 aliphatic rings. The molecule has 24 heavy (non-hydrogen) atoms. The van der Waals surface area contributed by atoms with Crippen LogP contribution in [0.5, 0.6) is 0 Å². The molecular weight excluding hydrogens is 322 g/mol. The molecule has 2 aromatic rings. The van der Waals surface area contributed by atoms with Crippen LogP contribution >= 0.6 is 11.6 Å². The van der Waals surface area contributed by atoms with E-state index in [4.69, 9.17) is 11.6 Å². The molecule has 0 atom stereocenters. The summed E-state index contributed by atoms with van der Waals surface area (Å²) >= 11 is 6.21. The molecule has 0 aliphatic heterocycles. The highest BCUT2D eigenvalue weighted by Gasteiger charge is 2.10. The minimum absolute atomic E-state index is 0.0355. The first kappa shape index (κ1) is 17.6. The van der Waals surface area contributed by atoms with Crippen molar-refractivity contribution in [1.29, 1.82) is 5.26 Å². The average molecular weight is 340 g/mol. The molecule has 0 spiro atoms. The van der Waals surface area contributed by atoms with E-state index in [0.29, 0.717) is 16.4 Å².